The number of nitrogens with zero attached hydrogens (tertiary/aromatic N) is 2. The van der Waals surface area contributed by atoms with Gasteiger partial charge in [0, 0.05) is 23.2 Å². The van der Waals surface area contributed by atoms with E-state index in [2.05, 4.69) is 12.2 Å². The van der Waals surface area contributed by atoms with Crippen molar-refractivity contribution < 1.29 is 14.3 Å². The molecule has 2 unspecified atom stereocenters. The Hall–Kier alpha value is -2.52. The average Bonchev–Trinajstić information content (AvgIpc) is 3.16. The summed E-state index contributed by atoms with van der Waals surface area (Å²) < 4.78 is 12.8. The first kappa shape index (κ1) is 22.3. The quantitative estimate of drug-likeness (QED) is 0.423. The van der Waals surface area contributed by atoms with Crippen LogP contribution < -0.4 is 20.3 Å². The van der Waals surface area contributed by atoms with Crippen molar-refractivity contribution in [3.8, 4) is 11.5 Å². The smallest absolute Gasteiger partial charge is 0.263 e. The summed E-state index contributed by atoms with van der Waals surface area (Å²) >= 11 is 2.96. The molecule has 1 aliphatic heterocycles. The molecule has 9 heteroatoms. The molecular weight excluding hydrogens is 458 g/mol. The van der Waals surface area contributed by atoms with E-state index in [1.54, 1.807) is 34.1 Å². The molecule has 0 saturated carbocycles. The molecule has 1 aromatic carbocycles. The minimum absolute atomic E-state index is 0.0106. The molecule has 0 spiro atoms. The van der Waals surface area contributed by atoms with Gasteiger partial charge in [-0.05, 0) is 56.7 Å². The van der Waals surface area contributed by atoms with Crippen LogP contribution in [-0.2, 0) is 24.2 Å². The monoisotopic (exact) mass is 485 g/mol. The van der Waals surface area contributed by atoms with E-state index >= 15 is 0 Å². The molecule has 0 radical (unpaired) electrons. The van der Waals surface area contributed by atoms with E-state index in [0.29, 0.717) is 48.0 Å². The van der Waals surface area contributed by atoms with Gasteiger partial charge in [0.15, 0.2) is 16.7 Å². The van der Waals surface area contributed by atoms with Crippen molar-refractivity contribution in [2.45, 2.75) is 57.0 Å². The van der Waals surface area contributed by atoms with E-state index in [-0.39, 0.29) is 11.5 Å². The average molecular weight is 486 g/mol. The van der Waals surface area contributed by atoms with Crippen LogP contribution in [0.2, 0.25) is 0 Å². The first-order valence-corrected chi connectivity index (χ1v) is 13.1. The highest BCUT2D eigenvalue weighted by Crippen LogP contribution is 2.37. The number of hydrogen-bond acceptors (Lipinski definition) is 7. The van der Waals surface area contributed by atoms with Crippen molar-refractivity contribution in [1.82, 2.24) is 9.55 Å². The number of thioether (sulfide) groups is 1. The van der Waals surface area contributed by atoms with Crippen LogP contribution in [-0.4, -0.2) is 33.9 Å². The molecule has 33 heavy (non-hydrogen) atoms. The van der Waals surface area contributed by atoms with Crippen LogP contribution in [0.15, 0.2) is 28.2 Å². The molecule has 0 saturated heterocycles. The fraction of sp³-hybridized carbons (Fsp3) is 0.458. The van der Waals surface area contributed by atoms with E-state index in [1.165, 1.54) is 22.2 Å². The van der Waals surface area contributed by atoms with Gasteiger partial charge in [-0.3, -0.25) is 14.2 Å². The zero-order chi connectivity index (χ0) is 23.1. The van der Waals surface area contributed by atoms with Gasteiger partial charge in [-0.2, -0.15) is 0 Å². The Morgan fingerprint density at radius 3 is 2.91 bits per heavy atom. The minimum atomic E-state index is -0.435. The van der Waals surface area contributed by atoms with Crippen molar-refractivity contribution in [2.75, 3.05) is 18.5 Å². The number of aromatic nitrogens is 2. The van der Waals surface area contributed by atoms with Crippen LogP contribution in [0, 0.1) is 5.92 Å². The highest BCUT2D eigenvalue weighted by molar-refractivity contribution is 8.00. The molecule has 3 heterocycles. The summed E-state index contributed by atoms with van der Waals surface area (Å²) in [4.78, 5) is 33.2. The topological polar surface area (TPSA) is 82.5 Å². The van der Waals surface area contributed by atoms with Gasteiger partial charge in [0.2, 0.25) is 5.91 Å². The van der Waals surface area contributed by atoms with Crippen LogP contribution >= 0.6 is 23.1 Å². The predicted molar refractivity (Wildman–Crippen MR) is 132 cm³/mol. The van der Waals surface area contributed by atoms with E-state index in [1.807, 2.05) is 13.8 Å². The lowest BCUT2D eigenvalue weighted by molar-refractivity contribution is -0.115. The first-order valence-electron chi connectivity index (χ1n) is 11.4. The summed E-state index contributed by atoms with van der Waals surface area (Å²) in [5, 5.41) is 3.87. The number of anilines is 1. The van der Waals surface area contributed by atoms with Crippen LogP contribution in [0.4, 0.5) is 5.69 Å². The Bertz CT molecular complexity index is 1280. The Morgan fingerprint density at radius 1 is 1.33 bits per heavy atom. The lowest BCUT2D eigenvalue weighted by atomic mass is 9.89. The van der Waals surface area contributed by atoms with E-state index in [9.17, 15) is 9.59 Å². The molecule has 5 rings (SSSR count). The maximum absolute atomic E-state index is 13.4. The van der Waals surface area contributed by atoms with Gasteiger partial charge in [-0.15, -0.1) is 11.3 Å². The largest absolute Gasteiger partial charge is 0.486 e. The van der Waals surface area contributed by atoms with Crippen molar-refractivity contribution >= 4 is 44.9 Å². The van der Waals surface area contributed by atoms with Crippen molar-refractivity contribution in [3.05, 3.63) is 39.0 Å². The Labute approximate surface area is 200 Å². The maximum atomic E-state index is 13.4. The summed E-state index contributed by atoms with van der Waals surface area (Å²) in [6, 6.07) is 5.37. The number of benzene rings is 1. The molecule has 0 fully saturated rings. The number of ether oxygens (including phenoxy) is 2. The number of thiophene rings is 1. The third kappa shape index (κ3) is 4.24. The molecule has 174 valence electrons. The van der Waals surface area contributed by atoms with Crippen LogP contribution in [0.1, 0.15) is 37.6 Å². The zero-order valence-corrected chi connectivity index (χ0v) is 20.6. The maximum Gasteiger partial charge on any atom is 0.263 e. The number of carbonyl (C=O) groups is 1. The summed E-state index contributed by atoms with van der Waals surface area (Å²) in [6.07, 6.45) is 3.06. The molecule has 3 aromatic rings. The molecule has 0 bridgehead atoms. The summed E-state index contributed by atoms with van der Waals surface area (Å²) in [7, 11) is 0. The van der Waals surface area contributed by atoms with Crippen LogP contribution in [0.5, 0.6) is 11.5 Å². The normalized spacial score (nSPS) is 18.1. The second kappa shape index (κ2) is 9.02. The summed E-state index contributed by atoms with van der Waals surface area (Å²) in [5.41, 5.74) is 1.85. The lowest BCUT2D eigenvalue weighted by Gasteiger charge is -2.19. The SMILES string of the molecule is CCn1c(SC(C)C(=O)Nc2ccc3c(c2)OCCO3)nc2sc3c(c2c1=O)CCC(C)C3. The number of amides is 1. The number of aryl methyl sites for hydroxylation is 1. The third-order valence-electron chi connectivity index (χ3n) is 6.16. The van der Waals surface area contributed by atoms with E-state index in [4.69, 9.17) is 14.5 Å². The van der Waals surface area contributed by atoms with E-state index < -0.39 is 5.25 Å². The third-order valence-corrected chi connectivity index (χ3v) is 8.40. The Morgan fingerprint density at radius 2 is 2.12 bits per heavy atom. The van der Waals surface area contributed by atoms with Gasteiger partial charge in [-0.1, -0.05) is 18.7 Å². The second-order valence-electron chi connectivity index (χ2n) is 8.58. The molecule has 7 nitrogen and oxygen atoms in total. The molecule has 2 aromatic heterocycles. The molecule has 1 amide bonds. The van der Waals surface area contributed by atoms with Gasteiger partial charge < -0.3 is 14.8 Å². The van der Waals surface area contributed by atoms with Gasteiger partial charge >= 0.3 is 0 Å². The Kier molecular flexibility index (Phi) is 6.09. The summed E-state index contributed by atoms with van der Waals surface area (Å²) in [5.74, 6) is 1.78. The van der Waals surface area contributed by atoms with Gasteiger partial charge in [0.25, 0.3) is 5.56 Å². The molecule has 1 N–H and O–H groups in total. The fourth-order valence-corrected chi connectivity index (χ4v) is 6.75. The molecule has 1 aliphatic carbocycles. The standard InChI is InChI=1S/C24H27N3O4S2/c1-4-27-23(29)20-16-7-5-13(2)11-19(16)33-22(20)26-24(27)32-14(3)21(28)25-15-6-8-17-18(12-15)31-10-9-30-17/h6,8,12-14H,4-5,7,9-11H2,1-3H3,(H,25,28). The first-order chi connectivity index (χ1) is 15.9. The number of hydrogen-bond donors (Lipinski definition) is 1. The fourth-order valence-electron chi connectivity index (χ4n) is 4.35. The predicted octanol–water partition coefficient (Wildman–Crippen LogP) is 4.49. The van der Waals surface area contributed by atoms with Crippen LogP contribution in [0.3, 0.4) is 0 Å². The second-order valence-corrected chi connectivity index (χ2v) is 11.0. The Balaban J connectivity index is 1.39. The number of fused-ring (bicyclic) bond motifs is 4. The summed E-state index contributed by atoms with van der Waals surface area (Å²) in [6.45, 7) is 7.56. The van der Waals surface area contributed by atoms with Gasteiger partial charge in [0.05, 0.1) is 10.6 Å². The van der Waals surface area contributed by atoms with Crippen molar-refractivity contribution in [1.29, 1.82) is 0 Å². The molecule has 2 atom stereocenters. The molecular formula is C24H27N3O4S2. The van der Waals surface area contributed by atoms with Crippen molar-refractivity contribution in [2.24, 2.45) is 5.92 Å². The van der Waals surface area contributed by atoms with E-state index in [0.717, 1.165) is 29.5 Å². The zero-order valence-electron chi connectivity index (χ0n) is 19.0. The lowest BCUT2D eigenvalue weighted by Crippen LogP contribution is -2.27. The number of carbonyl (C=O) groups excluding carboxylic acids is 1. The van der Waals surface area contributed by atoms with Crippen molar-refractivity contribution in [3.63, 3.8) is 0 Å². The van der Waals surface area contributed by atoms with Crippen LogP contribution in [0.25, 0.3) is 10.2 Å². The highest BCUT2D eigenvalue weighted by Gasteiger charge is 2.26. The molecule has 2 aliphatic rings. The van der Waals surface area contributed by atoms with Gasteiger partial charge in [-0.25, -0.2) is 4.98 Å². The highest BCUT2D eigenvalue weighted by atomic mass is 32.2. The minimum Gasteiger partial charge on any atom is -0.486 e. The van der Waals surface area contributed by atoms with Gasteiger partial charge in [0.1, 0.15) is 18.0 Å². The number of rotatable bonds is 5. The number of nitrogens with one attached hydrogen (secondary N) is 1.